The molecule has 3 aromatic carbocycles. The Hall–Kier alpha value is -2.23. The standard InChI is InChI=1S/C20H21NO2.ClH/c1-22-17-10-7-15(8-11-17)13-21-14-19-18-6-4-3-5-16(18)9-12-20(19)23-2;/h3-12,21H,13-14H2,1-2H3;1H/p-1. The summed E-state index contributed by atoms with van der Waals surface area (Å²) in [5, 5.41) is 5.96. The summed E-state index contributed by atoms with van der Waals surface area (Å²) in [6.07, 6.45) is 0. The van der Waals surface area contributed by atoms with Crippen molar-refractivity contribution in [3.63, 3.8) is 0 Å². The van der Waals surface area contributed by atoms with Gasteiger partial charge in [0.15, 0.2) is 0 Å². The first-order valence-corrected chi connectivity index (χ1v) is 7.70. The number of halogens is 1. The Morgan fingerprint density at radius 3 is 2.25 bits per heavy atom. The molecule has 0 fully saturated rings. The normalized spacial score (nSPS) is 10.2. The molecule has 126 valence electrons. The molecule has 3 nitrogen and oxygen atoms in total. The molecule has 0 saturated carbocycles. The topological polar surface area (TPSA) is 30.5 Å². The minimum absolute atomic E-state index is 0. The van der Waals surface area contributed by atoms with Gasteiger partial charge in [0.05, 0.1) is 14.2 Å². The number of hydrogen-bond acceptors (Lipinski definition) is 3. The van der Waals surface area contributed by atoms with Crippen molar-refractivity contribution in [1.82, 2.24) is 5.32 Å². The number of hydrogen-bond donors (Lipinski definition) is 1. The van der Waals surface area contributed by atoms with Gasteiger partial charge in [-0.3, -0.25) is 0 Å². The van der Waals surface area contributed by atoms with E-state index in [-0.39, 0.29) is 12.4 Å². The van der Waals surface area contributed by atoms with Gasteiger partial charge in [0.1, 0.15) is 11.5 Å². The van der Waals surface area contributed by atoms with E-state index >= 15 is 0 Å². The first-order valence-electron chi connectivity index (χ1n) is 7.70. The van der Waals surface area contributed by atoms with E-state index < -0.39 is 0 Å². The first kappa shape index (κ1) is 18.1. The summed E-state index contributed by atoms with van der Waals surface area (Å²) in [6.45, 7) is 1.56. The summed E-state index contributed by atoms with van der Waals surface area (Å²) in [5.74, 6) is 1.80. The number of rotatable bonds is 6. The maximum Gasteiger partial charge on any atom is 0.123 e. The molecule has 0 saturated heterocycles. The van der Waals surface area contributed by atoms with Gasteiger partial charge in [-0.25, -0.2) is 0 Å². The molecular formula is C20H21ClNO2-. The first-order chi connectivity index (χ1) is 11.3. The quantitative estimate of drug-likeness (QED) is 0.729. The minimum atomic E-state index is 0. The number of benzene rings is 3. The molecule has 0 aromatic heterocycles. The molecule has 0 aliphatic rings. The lowest BCUT2D eigenvalue weighted by atomic mass is 10.0. The van der Waals surface area contributed by atoms with Crippen LogP contribution in [0, 0.1) is 0 Å². The Bertz CT molecular complexity index is 787. The van der Waals surface area contributed by atoms with Crippen molar-refractivity contribution in [2.24, 2.45) is 0 Å². The fraction of sp³-hybridized carbons (Fsp3) is 0.200. The molecule has 4 heteroatoms. The van der Waals surface area contributed by atoms with Crippen molar-refractivity contribution in [1.29, 1.82) is 0 Å². The van der Waals surface area contributed by atoms with E-state index in [1.54, 1.807) is 14.2 Å². The van der Waals surface area contributed by atoms with Crippen molar-refractivity contribution in [3.05, 3.63) is 71.8 Å². The van der Waals surface area contributed by atoms with E-state index in [0.717, 1.165) is 24.6 Å². The smallest absolute Gasteiger partial charge is 0.123 e. The summed E-state index contributed by atoms with van der Waals surface area (Å²) in [5.41, 5.74) is 2.42. The van der Waals surface area contributed by atoms with Crippen molar-refractivity contribution >= 4 is 10.8 Å². The molecule has 0 bridgehead atoms. The van der Waals surface area contributed by atoms with Crippen molar-refractivity contribution in [2.45, 2.75) is 13.1 Å². The van der Waals surface area contributed by atoms with Crippen LogP contribution in [-0.4, -0.2) is 14.2 Å². The molecule has 0 amide bonds. The maximum atomic E-state index is 5.53. The van der Waals surface area contributed by atoms with Gasteiger partial charge >= 0.3 is 0 Å². The number of ether oxygens (including phenoxy) is 2. The Morgan fingerprint density at radius 2 is 1.54 bits per heavy atom. The van der Waals surface area contributed by atoms with Gasteiger partial charge in [0.2, 0.25) is 0 Å². The maximum absolute atomic E-state index is 5.53. The number of methoxy groups -OCH3 is 2. The molecule has 0 heterocycles. The van der Waals surface area contributed by atoms with E-state index in [4.69, 9.17) is 9.47 Å². The van der Waals surface area contributed by atoms with Crippen molar-refractivity contribution in [2.75, 3.05) is 14.2 Å². The molecule has 0 radical (unpaired) electrons. The zero-order valence-electron chi connectivity index (χ0n) is 13.9. The third-order valence-electron chi connectivity index (χ3n) is 4.01. The SMILES string of the molecule is COc1ccc(CNCc2c(OC)ccc3ccccc23)cc1.[Cl-]. The highest BCUT2D eigenvalue weighted by Gasteiger charge is 2.07. The molecule has 0 unspecified atom stereocenters. The Kier molecular flexibility index (Phi) is 6.47. The van der Waals surface area contributed by atoms with Crippen LogP contribution in [-0.2, 0) is 13.1 Å². The molecule has 3 rings (SSSR count). The van der Waals surface area contributed by atoms with E-state index in [1.807, 2.05) is 18.2 Å². The lowest BCUT2D eigenvalue weighted by Gasteiger charge is -2.13. The van der Waals surface area contributed by atoms with Gasteiger partial charge in [-0.1, -0.05) is 42.5 Å². The van der Waals surface area contributed by atoms with Crippen LogP contribution in [0.1, 0.15) is 11.1 Å². The lowest BCUT2D eigenvalue weighted by molar-refractivity contribution is -0.00000520. The number of nitrogens with one attached hydrogen (secondary N) is 1. The highest BCUT2D eigenvalue weighted by atomic mass is 35.5. The molecule has 3 aromatic rings. The number of fused-ring (bicyclic) bond motifs is 1. The van der Waals surface area contributed by atoms with Crippen LogP contribution < -0.4 is 27.2 Å². The average molecular weight is 343 g/mol. The van der Waals surface area contributed by atoms with Crippen LogP contribution in [0.2, 0.25) is 0 Å². The monoisotopic (exact) mass is 342 g/mol. The zero-order chi connectivity index (χ0) is 16.1. The second-order valence-electron chi connectivity index (χ2n) is 5.42. The highest BCUT2D eigenvalue weighted by Crippen LogP contribution is 2.27. The Labute approximate surface area is 149 Å². The van der Waals surface area contributed by atoms with E-state index in [2.05, 4.69) is 47.8 Å². The summed E-state index contributed by atoms with van der Waals surface area (Å²) in [7, 11) is 3.40. The van der Waals surface area contributed by atoms with Crippen LogP contribution in [0.5, 0.6) is 11.5 Å². The van der Waals surface area contributed by atoms with Crippen LogP contribution in [0.4, 0.5) is 0 Å². The predicted octanol–water partition coefficient (Wildman–Crippen LogP) is 1.15. The van der Waals surface area contributed by atoms with Crippen LogP contribution >= 0.6 is 0 Å². The van der Waals surface area contributed by atoms with Gasteiger partial charge in [-0.2, -0.15) is 0 Å². The summed E-state index contributed by atoms with van der Waals surface area (Å²) >= 11 is 0. The third-order valence-corrected chi connectivity index (χ3v) is 4.01. The summed E-state index contributed by atoms with van der Waals surface area (Å²) in [6, 6.07) is 20.6. The fourth-order valence-corrected chi connectivity index (χ4v) is 2.76. The van der Waals surface area contributed by atoms with Crippen LogP contribution in [0.25, 0.3) is 10.8 Å². The van der Waals surface area contributed by atoms with Gasteiger partial charge in [-0.05, 0) is 34.5 Å². The van der Waals surface area contributed by atoms with Crippen LogP contribution in [0.3, 0.4) is 0 Å². The van der Waals surface area contributed by atoms with Crippen molar-refractivity contribution in [3.8, 4) is 11.5 Å². The lowest BCUT2D eigenvalue weighted by Crippen LogP contribution is -3.00. The Balaban J connectivity index is 0.00000208. The average Bonchev–Trinajstić information content (AvgIpc) is 2.62. The van der Waals surface area contributed by atoms with Crippen molar-refractivity contribution < 1.29 is 21.9 Å². The third kappa shape index (κ3) is 3.99. The molecule has 0 spiro atoms. The fourth-order valence-electron chi connectivity index (χ4n) is 2.76. The second-order valence-corrected chi connectivity index (χ2v) is 5.42. The van der Waals surface area contributed by atoms with E-state index in [9.17, 15) is 0 Å². The molecule has 1 N–H and O–H groups in total. The van der Waals surface area contributed by atoms with E-state index in [0.29, 0.717) is 0 Å². The van der Waals surface area contributed by atoms with Gasteiger partial charge < -0.3 is 27.2 Å². The Morgan fingerprint density at radius 1 is 0.792 bits per heavy atom. The molecule has 0 atom stereocenters. The largest absolute Gasteiger partial charge is 1.00 e. The summed E-state index contributed by atoms with van der Waals surface area (Å²) in [4.78, 5) is 0. The molecule has 0 aliphatic carbocycles. The predicted molar refractivity (Wildman–Crippen MR) is 94.0 cm³/mol. The van der Waals surface area contributed by atoms with Gasteiger partial charge in [0, 0.05) is 18.7 Å². The van der Waals surface area contributed by atoms with Gasteiger partial charge in [-0.15, -0.1) is 0 Å². The molecule has 24 heavy (non-hydrogen) atoms. The molecular weight excluding hydrogens is 322 g/mol. The highest BCUT2D eigenvalue weighted by molar-refractivity contribution is 5.87. The minimum Gasteiger partial charge on any atom is -1.00 e. The van der Waals surface area contributed by atoms with Crippen LogP contribution in [0.15, 0.2) is 60.7 Å². The molecule has 0 aliphatic heterocycles. The van der Waals surface area contributed by atoms with E-state index in [1.165, 1.54) is 21.9 Å². The zero-order valence-corrected chi connectivity index (χ0v) is 14.6. The van der Waals surface area contributed by atoms with Gasteiger partial charge in [0.25, 0.3) is 0 Å². The summed E-state index contributed by atoms with van der Waals surface area (Å²) < 4.78 is 10.7. The second kappa shape index (κ2) is 8.57.